The molecule has 50 heavy (non-hydrogen) atoms. The molecule has 2 aliphatic rings. The third-order valence-corrected chi connectivity index (χ3v) is 10.3. The molecule has 0 fully saturated rings. The van der Waals surface area contributed by atoms with E-state index in [1.165, 1.54) is 71.9 Å². The molecule has 2 heteroatoms. The lowest BCUT2D eigenvalue weighted by molar-refractivity contribution is 0.269. The van der Waals surface area contributed by atoms with Gasteiger partial charge in [0.15, 0.2) is 0 Å². The molecule has 2 heterocycles. The molecule has 0 bridgehead atoms. The lowest BCUT2D eigenvalue weighted by atomic mass is 9.89. The highest BCUT2D eigenvalue weighted by Gasteiger charge is 2.32. The normalized spacial score (nSPS) is 16.0. The Morgan fingerprint density at radius 2 is 0.980 bits per heavy atom. The Morgan fingerprint density at radius 1 is 0.420 bits per heavy atom. The van der Waals surface area contributed by atoms with Crippen molar-refractivity contribution in [3.8, 4) is 55.9 Å². The molecule has 2 nitrogen and oxygen atoms in total. The highest BCUT2D eigenvalue weighted by Crippen LogP contribution is 2.44. The van der Waals surface area contributed by atoms with E-state index < -0.39 is 0 Å². The standard InChI is InChI=1S/C48H33NO/c1-3-12-32(13-4-1)35-22-25-45-41(29-35)42-30-36(33-14-5-2-6-15-33)23-26-46(42)49(45)44-20-9-7-18-39(44)38-17-11-16-34(28-38)37-24-27-48-43(31-37)40-19-8-10-21-47(40)50-48/h1-31,40,47H. The summed E-state index contributed by atoms with van der Waals surface area (Å²) in [5.74, 6) is 1.25. The van der Waals surface area contributed by atoms with Crippen molar-refractivity contribution in [2.24, 2.45) is 0 Å². The van der Waals surface area contributed by atoms with E-state index in [1.807, 2.05) is 0 Å². The second-order valence-electron chi connectivity index (χ2n) is 13.3. The number of rotatable bonds is 5. The van der Waals surface area contributed by atoms with Crippen LogP contribution in [0.15, 0.2) is 188 Å². The van der Waals surface area contributed by atoms with Crippen molar-refractivity contribution in [1.82, 2.24) is 4.57 Å². The van der Waals surface area contributed by atoms with Crippen molar-refractivity contribution < 1.29 is 4.74 Å². The average Bonchev–Trinajstić information content (AvgIpc) is 3.73. The molecule has 2 atom stereocenters. The van der Waals surface area contributed by atoms with E-state index in [1.54, 1.807) is 0 Å². The van der Waals surface area contributed by atoms with Gasteiger partial charge in [0.25, 0.3) is 0 Å². The van der Waals surface area contributed by atoms with Gasteiger partial charge in [-0.15, -0.1) is 0 Å². The maximum atomic E-state index is 6.25. The first-order valence-corrected chi connectivity index (χ1v) is 17.3. The number of nitrogens with zero attached hydrogens (tertiary/aromatic N) is 1. The molecule has 1 aliphatic carbocycles. The molecule has 10 rings (SSSR count). The molecule has 0 spiro atoms. The molecule has 1 aromatic heterocycles. The van der Waals surface area contributed by atoms with Gasteiger partial charge in [0.1, 0.15) is 11.9 Å². The fraction of sp³-hybridized carbons (Fsp3) is 0.0417. The Bertz CT molecular complexity index is 2530. The summed E-state index contributed by atoms with van der Waals surface area (Å²) >= 11 is 0. The van der Waals surface area contributed by atoms with Crippen LogP contribution >= 0.6 is 0 Å². The van der Waals surface area contributed by atoms with Crippen LogP contribution in [0.3, 0.4) is 0 Å². The highest BCUT2D eigenvalue weighted by atomic mass is 16.5. The van der Waals surface area contributed by atoms with Crippen LogP contribution in [0, 0.1) is 0 Å². The van der Waals surface area contributed by atoms with Crippen LogP contribution in [-0.4, -0.2) is 10.7 Å². The minimum atomic E-state index is 0.0854. The topological polar surface area (TPSA) is 14.2 Å². The first-order valence-electron chi connectivity index (χ1n) is 17.3. The van der Waals surface area contributed by atoms with Crippen molar-refractivity contribution in [2.75, 3.05) is 0 Å². The van der Waals surface area contributed by atoms with E-state index in [0.29, 0.717) is 0 Å². The van der Waals surface area contributed by atoms with Gasteiger partial charge in [0.05, 0.1) is 16.7 Å². The van der Waals surface area contributed by atoms with Crippen molar-refractivity contribution in [3.05, 3.63) is 194 Å². The Kier molecular flexibility index (Phi) is 6.67. The predicted molar refractivity (Wildman–Crippen MR) is 208 cm³/mol. The number of hydrogen-bond donors (Lipinski definition) is 0. The second-order valence-corrected chi connectivity index (χ2v) is 13.3. The van der Waals surface area contributed by atoms with Crippen LogP contribution in [0.2, 0.25) is 0 Å². The zero-order valence-electron chi connectivity index (χ0n) is 27.4. The van der Waals surface area contributed by atoms with Crippen LogP contribution in [0.5, 0.6) is 5.75 Å². The lowest BCUT2D eigenvalue weighted by Crippen LogP contribution is -2.15. The number of para-hydroxylation sites is 1. The largest absolute Gasteiger partial charge is 0.485 e. The smallest absolute Gasteiger partial charge is 0.128 e. The fourth-order valence-corrected chi connectivity index (χ4v) is 7.90. The molecule has 0 radical (unpaired) electrons. The molecule has 7 aromatic carbocycles. The van der Waals surface area contributed by atoms with Gasteiger partial charge in [-0.25, -0.2) is 0 Å². The van der Waals surface area contributed by atoms with Crippen molar-refractivity contribution in [3.63, 3.8) is 0 Å². The molecule has 0 amide bonds. The van der Waals surface area contributed by atoms with Crippen LogP contribution in [0.25, 0.3) is 72.0 Å². The van der Waals surface area contributed by atoms with E-state index in [4.69, 9.17) is 4.74 Å². The van der Waals surface area contributed by atoms with Gasteiger partial charge in [0, 0.05) is 27.8 Å². The van der Waals surface area contributed by atoms with Crippen LogP contribution in [0.1, 0.15) is 11.5 Å². The Morgan fingerprint density at radius 3 is 1.70 bits per heavy atom. The van der Waals surface area contributed by atoms with Crippen molar-refractivity contribution >= 4 is 21.8 Å². The molecule has 2 unspecified atom stereocenters. The molecule has 236 valence electrons. The number of hydrogen-bond acceptors (Lipinski definition) is 1. The third kappa shape index (κ3) is 4.72. The minimum absolute atomic E-state index is 0.0854. The number of fused-ring (bicyclic) bond motifs is 6. The van der Waals surface area contributed by atoms with Crippen LogP contribution in [-0.2, 0) is 0 Å². The van der Waals surface area contributed by atoms with E-state index in [0.717, 1.165) is 11.4 Å². The van der Waals surface area contributed by atoms with Crippen molar-refractivity contribution in [1.29, 1.82) is 0 Å². The van der Waals surface area contributed by atoms with E-state index in [9.17, 15) is 0 Å². The summed E-state index contributed by atoms with van der Waals surface area (Å²) in [7, 11) is 0. The van der Waals surface area contributed by atoms with E-state index in [2.05, 4.69) is 193 Å². The first kappa shape index (κ1) is 28.6. The SMILES string of the molecule is C1=CC2Oc3ccc(-c4cccc(-c5ccccc5-n5c6ccc(-c7ccccc7)cc6c6cc(-c7ccccc7)ccc65)c4)cc3C2C=C1. The molecule has 1 aliphatic heterocycles. The summed E-state index contributed by atoms with van der Waals surface area (Å²) in [6.07, 6.45) is 8.70. The van der Waals surface area contributed by atoms with Crippen LogP contribution < -0.4 is 4.74 Å². The molecular formula is C48H33NO. The van der Waals surface area contributed by atoms with Crippen LogP contribution in [0.4, 0.5) is 0 Å². The minimum Gasteiger partial charge on any atom is -0.485 e. The van der Waals surface area contributed by atoms with Gasteiger partial charge in [-0.3, -0.25) is 0 Å². The molecule has 0 N–H and O–H groups in total. The lowest BCUT2D eigenvalue weighted by Gasteiger charge is -2.15. The number of benzene rings is 7. The third-order valence-electron chi connectivity index (χ3n) is 10.3. The first-order chi connectivity index (χ1) is 24.8. The quantitative estimate of drug-likeness (QED) is 0.183. The number of aromatic nitrogens is 1. The average molecular weight is 640 g/mol. The predicted octanol–water partition coefficient (Wildman–Crippen LogP) is 12.4. The Hall–Kier alpha value is -6.38. The van der Waals surface area contributed by atoms with E-state index in [-0.39, 0.29) is 12.0 Å². The molecular weight excluding hydrogens is 607 g/mol. The summed E-state index contributed by atoms with van der Waals surface area (Å²) in [6, 6.07) is 59.6. The van der Waals surface area contributed by atoms with Gasteiger partial charge in [-0.1, -0.05) is 133 Å². The monoisotopic (exact) mass is 639 g/mol. The molecule has 0 saturated heterocycles. The number of ether oxygens (including phenoxy) is 1. The second kappa shape index (κ2) is 11.6. The summed E-state index contributed by atoms with van der Waals surface area (Å²) in [5, 5.41) is 2.49. The summed E-state index contributed by atoms with van der Waals surface area (Å²) in [5.41, 5.74) is 14.4. The number of allylic oxidation sites excluding steroid dienone is 2. The van der Waals surface area contributed by atoms with Gasteiger partial charge in [0.2, 0.25) is 0 Å². The maximum Gasteiger partial charge on any atom is 0.128 e. The zero-order valence-corrected chi connectivity index (χ0v) is 27.4. The van der Waals surface area contributed by atoms with E-state index >= 15 is 0 Å². The summed E-state index contributed by atoms with van der Waals surface area (Å²) in [6.45, 7) is 0. The zero-order chi connectivity index (χ0) is 33.0. The van der Waals surface area contributed by atoms with Crippen molar-refractivity contribution in [2.45, 2.75) is 12.0 Å². The molecule has 0 saturated carbocycles. The van der Waals surface area contributed by atoms with Gasteiger partial charge in [-0.05, 0) is 93.6 Å². The maximum absolute atomic E-state index is 6.25. The Balaban J connectivity index is 1.14. The Labute approximate surface area is 291 Å². The van der Waals surface area contributed by atoms with Gasteiger partial charge < -0.3 is 9.30 Å². The fourth-order valence-electron chi connectivity index (χ4n) is 7.90. The van der Waals surface area contributed by atoms with Gasteiger partial charge in [-0.2, -0.15) is 0 Å². The summed E-state index contributed by atoms with van der Waals surface area (Å²) in [4.78, 5) is 0. The summed E-state index contributed by atoms with van der Waals surface area (Å²) < 4.78 is 8.70. The highest BCUT2D eigenvalue weighted by molar-refractivity contribution is 6.12. The molecule has 8 aromatic rings. The van der Waals surface area contributed by atoms with Gasteiger partial charge >= 0.3 is 0 Å².